The molecule has 12 heavy (non-hydrogen) atoms. The van der Waals surface area contributed by atoms with Crippen LogP contribution in [0.4, 0.5) is 4.39 Å². The molecule has 0 atom stereocenters. The predicted molar refractivity (Wildman–Crippen MR) is 43.9 cm³/mol. The molecule has 1 aromatic carbocycles. The molecule has 1 N–H and O–H groups in total. The number of hydrogen-bond acceptors (Lipinski definition) is 2. The number of phenolic OH excluding ortho intramolecular Hbond substituents is 1. The van der Waals surface area contributed by atoms with Crippen LogP contribution in [0, 0.1) is 5.82 Å². The molecule has 0 heterocycles. The second-order valence-corrected chi connectivity index (χ2v) is 2.46. The lowest BCUT2D eigenvalue weighted by molar-refractivity contribution is 0.314. The molecule has 0 aliphatic carbocycles. The summed E-state index contributed by atoms with van der Waals surface area (Å²) >= 11 is 0. The summed E-state index contributed by atoms with van der Waals surface area (Å²) in [5.74, 6) is -0.502. The van der Waals surface area contributed by atoms with E-state index in [-0.39, 0.29) is 5.75 Å². The predicted octanol–water partition coefficient (Wildman–Crippen LogP) is 2.32. The van der Waals surface area contributed by atoms with Gasteiger partial charge in [0.1, 0.15) is 5.75 Å². The number of halogens is 1. The molecule has 0 fully saturated rings. The quantitative estimate of drug-likeness (QED) is 0.754. The zero-order chi connectivity index (χ0) is 8.97. The summed E-state index contributed by atoms with van der Waals surface area (Å²) in [6.45, 7) is 2.55. The van der Waals surface area contributed by atoms with Gasteiger partial charge in [-0.1, -0.05) is 6.92 Å². The Labute approximate surface area is 70.6 Å². The largest absolute Gasteiger partial charge is 0.505 e. The van der Waals surface area contributed by atoms with Gasteiger partial charge in [-0.15, -0.1) is 0 Å². The third kappa shape index (κ3) is 2.12. The van der Waals surface area contributed by atoms with E-state index in [4.69, 9.17) is 9.84 Å². The first-order valence-electron chi connectivity index (χ1n) is 3.85. The summed E-state index contributed by atoms with van der Waals surface area (Å²) in [7, 11) is 0. The van der Waals surface area contributed by atoms with Crippen molar-refractivity contribution in [2.75, 3.05) is 6.61 Å². The molecule has 0 unspecified atom stereocenters. The summed E-state index contributed by atoms with van der Waals surface area (Å²) in [5.41, 5.74) is 0. The minimum absolute atomic E-state index is 0.372. The highest BCUT2D eigenvalue weighted by Gasteiger charge is 2.00. The molecular weight excluding hydrogens is 159 g/mol. The average molecular weight is 170 g/mol. The van der Waals surface area contributed by atoms with Gasteiger partial charge < -0.3 is 9.84 Å². The van der Waals surface area contributed by atoms with Gasteiger partial charge in [0.05, 0.1) is 6.61 Å². The standard InChI is InChI=1S/C9H11FO2/c1-2-5-12-7-3-4-8(10)9(11)6-7/h3-4,6,11H,2,5H2,1H3. The summed E-state index contributed by atoms with van der Waals surface area (Å²) in [6.07, 6.45) is 0.887. The van der Waals surface area contributed by atoms with Crippen LogP contribution in [0.1, 0.15) is 13.3 Å². The number of hydrogen-bond donors (Lipinski definition) is 1. The van der Waals surface area contributed by atoms with Gasteiger partial charge in [-0.25, -0.2) is 4.39 Å². The Kier molecular flexibility index (Phi) is 2.91. The fourth-order valence-electron chi connectivity index (χ4n) is 0.802. The molecule has 1 aromatic rings. The minimum atomic E-state index is -0.626. The van der Waals surface area contributed by atoms with E-state index in [0.717, 1.165) is 6.42 Å². The van der Waals surface area contributed by atoms with Gasteiger partial charge >= 0.3 is 0 Å². The van der Waals surface area contributed by atoms with E-state index < -0.39 is 5.82 Å². The van der Waals surface area contributed by atoms with Crippen LogP contribution in [-0.2, 0) is 0 Å². The lowest BCUT2D eigenvalue weighted by Gasteiger charge is -2.04. The van der Waals surface area contributed by atoms with Crippen molar-refractivity contribution < 1.29 is 14.2 Å². The van der Waals surface area contributed by atoms with Gasteiger partial charge in [0.15, 0.2) is 11.6 Å². The maximum atomic E-state index is 12.5. The molecular formula is C9H11FO2. The van der Waals surface area contributed by atoms with E-state index >= 15 is 0 Å². The van der Waals surface area contributed by atoms with Crippen molar-refractivity contribution in [2.24, 2.45) is 0 Å². The molecule has 1 rings (SSSR count). The van der Waals surface area contributed by atoms with E-state index in [1.165, 1.54) is 18.2 Å². The zero-order valence-corrected chi connectivity index (χ0v) is 6.88. The van der Waals surface area contributed by atoms with Crippen LogP contribution in [0.2, 0.25) is 0 Å². The van der Waals surface area contributed by atoms with E-state index in [1.807, 2.05) is 6.92 Å². The van der Waals surface area contributed by atoms with Crippen molar-refractivity contribution in [2.45, 2.75) is 13.3 Å². The number of rotatable bonds is 3. The van der Waals surface area contributed by atoms with E-state index in [1.54, 1.807) is 0 Å². The van der Waals surface area contributed by atoms with Gasteiger partial charge in [-0.3, -0.25) is 0 Å². The van der Waals surface area contributed by atoms with Crippen LogP contribution in [0.15, 0.2) is 18.2 Å². The molecule has 0 radical (unpaired) electrons. The maximum absolute atomic E-state index is 12.5. The van der Waals surface area contributed by atoms with Crippen LogP contribution in [-0.4, -0.2) is 11.7 Å². The van der Waals surface area contributed by atoms with Gasteiger partial charge in [0.25, 0.3) is 0 Å². The van der Waals surface area contributed by atoms with E-state index in [2.05, 4.69) is 0 Å². The fourth-order valence-corrected chi connectivity index (χ4v) is 0.802. The molecule has 0 aliphatic rings. The molecule has 0 amide bonds. The smallest absolute Gasteiger partial charge is 0.165 e. The second-order valence-electron chi connectivity index (χ2n) is 2.46. The topological polar surface area (TPSA) is 29.5 Å². The SMILES string of the molecule is CCCOc1ccc(F)c(O)c1. The van der Waals surface area contributed by atoms with Gasteiger partial charge in [0.2, 0.25) is 0 Å². The Morgan fingerprint density at radius 1 is 1.50 bits per heavy atom. The Morgan fingerprint density at radius 2 is 2.25 bits per heavy atom. The molecule has 2 nitrogen and oxygen atoms in total. The van der Waals surface area contributed by atoms with Crippen LogP contribution in [0.3, 0.4) is 0 Å². The monoisotopic (exact) mass is 170 g/mol. The van der Waals surface area contributed by atoms with Crippen molar-refractivity contribution in [3.8, 4) is 11.5 Å². The Bertz CT molecular complexity index is 261. The first-order valence-corrected chi connectivity index (χ1v) is 3.85. The van der Waals surface area contributed by atoms with Crippen LogP contribution < -0.4 is 4.74 Å². The molecule has 3 heteroatoms. The number of aromatic hydroxyl groups is 1. The molecule has 0 bridgehead atoms. The summed E-state index contributed by atoms with van der Waals surface area (Å²) < 4.78 is 17.7. The maximum Gasteiger partial charge on any atom is 0.165 e. The third-order valence-corrected chi connectivity index (χ3v) is 1.39. The number of phenols is 1. The summed E-state index contributed by atoms with van der Waals surface area (Å²) in [5, 5.41) is 8.94. The van der Waals surface area contributed by atoms with Crippen molar-refractivity contribution in [1.29, 1.82) is 0 Å². The highest BCUT2D eigenvalue weighted by molar-refractivity contribution is 5.33. The van der Waals surface area contributed by atoms with Crippen LogP contribution in [0.5, 0.6) is 11.5 Å². The molecule has 66 valence electrons. The van der Waals surface area contributed by atoms with Gasteiger partial charge in [-0.2, -0.15) is 0 Å². The number of benzene rings is 1. The van der Waals surface area contributed by atoms with E-state index in [9.17, 15) is 4.39 Å². The molecule has 0 spiro atoms. The lowest BCUT2D eigenvalue weighted by atomic mass is 10.3. The highest BCUT2D eigenvalue weighted by Crippen LogP contribution is 2.21. The Balaban J connectivity index is 2.69. The molecule has 0 aliphatic heterocycles. The fraction of sp³-hybridized carbons (Fsp3) is 0.333. The van der Waals surface area contributed by atoms with Crippen LogP contribution in [0.25, 0.3) is 0 Å². The Hall–Kier alpha value is -1.25. The first kappa shape index (κ1) is 8.84. The summed E-state index contributed by atoms with van der Waals surface area (Å²) in [4.78, 5) is 0. The van der Waals surface area contributed by atoms with Gasteiger partial charge in [0, 0.05) is 6.07 Å². The average Bonchev–Trinajstić information content (AvgIpc) is 2.07. The molecule has 0 aromatic heterocycles. The normalized spacial score (nSPS) is 9.83. The van der Waals surface area contributed by atoms with E-state index in [0.29, 0.717) is 12.4 Å². The van der Waals surface area contributed by atoms with Crippen molar-refractivity contribution in [3.05, 3.63) is 24.0 Å². The number of ether oxygens (including phenoxy) is 1. The molecule has 0 saturated carbocycles. The minimum Gasteiger partial charge on any atom is -0.505 e. The van der Waals surface area contributed by atoms with Crippen molar-refractivity contribution in [3.63, 3.8) is 0 Å². The van der Waals surface area contributed by atoms with Crippen molar-refractivity contribution in [1.82, 2.24) is 0 Å². The van der Waals surface area contributed by atoms with Crippen LogP contribution >= 0.6 is 0 Å². The third-order valence-electron chi connectivity index (χ3n) is 1.39. The van der Waals surface area contributed by atoms with Crippen molar-refractivity contribution >= 4 is 0 Å². The zero-order valence-electron chi connectivity index (χ0n) is 6.88. The summed E-state index contributed by atoms with van der Waals surface area (Å²) in [6, 6.07) is 3.94. The molecule has 0 saturated heterocycles. The lowest BCUT2D eigenvalue weighted by Crippen LogP contribution is -1.94. The second kappa shape index (κ2) is 3.95. The Morgan fingerprint density at radius 3 is 2.83 bits per heavy atom. The van der Waals surface area contributed by atoms with Gasteiger partial charge in [-0.05, 0) is 18.6 Å². The first-order chi connectivity index (χ1) is 5.74. The highest BCUT2D eigenvalue weighted by atomic mass is 19.1.